The van der Waals surface area contributed by atoms with E-state index in [9.17, 15) is 4.79 Å². The molecule has 0 aromatic rings. The Kier molecular flexibility index (Phi) is 26.6. The van der Waals surface area contributed by atoms with Crippen LogP contribution < -0.4 is 0 Å². The van der Waals surface area contributed by atoms with E-state index in [4.69, 9.17) is 37.9 Å². The Morgan fingerprint density at radius 2 is 0.758 bits per heavy atom. The Labute approximate surface area is 198 Å². The first-order valence-electron chi connectivity index (χ1n) is 11.5. The minimum absolute atomic E-state index is 0.252. The molecule has 0 saturated heterocycles. The van der Waals surface area contributed by atoms with Crippen LogP contribution in [0.15, 0.2) is 0 Å². The second-order valence-corrected chi connectivity index (χ2v) is 7.03. The number of nitrogens with zero attached hydrogens (tertiary/aromatic N) is 1. The predicted molar refractivity (Wildman–Crippen MR) is 122 cm³/mol. The number of hydrogen-bond acceptors (Lipinski definition) is 11. The molecule has 11 nitrogen and oxygen atoms in total. The van der Waals surface area contributed by atoms with Gasteiger partial charge in [0.25, 0.3) is 0 Å². The van der Waals surface area contributed by atoms with Crippen molar-refractivity contribution in [1.29, 1.82) is 0 Å². The molecule has 0 aliphatic carbocycles. The van der Waals surface area contributed by atoms with Gasteiger partial charge < -0.3 is 47.5 Å². The lowest BCUT2D eigenvalue weighted by atomic mass is 10.5. The van der Waals surface area contributed by atoms with Crippen molar-refractivity contribution in [1.82, 2.24) is 4.90 Å². The molecule has 0 spiro atoms. The van der Waals surface area contributed by atoms with E-state index >= 15 is 0 Å². The molecule has 0 aliphatic heterocycles. The van der Waals surface area contributed by atoms with Crippen LogP contribution in [0.25, 0.3) is 0 Å². The van der Waals surface area contributed by atoms with Crippen molar-refractivity contribution in [2.75, 3.05) is 133 Å². The summed E-state index contributed by atoms with van der Waals surface area (Å²) in [6, 6.07) is 0. The van der Waals surface area contributed by atoms with Gasteiger partial charge >= 0.3 is 5.97 Å². The Hall–Kier alpha value is -0.890. The van der Waals surface area contributed by atoms with Crippen molar-refractivity contribution in [3.63, 3.8) is 0 Å². The molecule has 0 saturated carbocycles. The zero-order chi connectivity index (χ0) is 24.2. The minimum Gasteiger partial charge on any atom is -0.469 e. The first kappa shape index (κ1) is 32.1. The molecule has 198 valence electrons. The highest BCUT2D eigenvalue weighted by Crippen LogP contribution is 1.88. The quantitative estimate of drug-likeness (QED) is 0.119. The Balaban J connectivity index is 3.03. The van der Waals surface area contributed by atoms with Crippen LogP contribution in [-0.2, 0) is 47.4 Å². The van der Waals surface area contributed by atoms with Gasteiger partial charge in [0.05, 0.1) is 119 Å². The Bertz CT molecular complexity index is 401. The van der Waals surface area contributed by atoms with E-state index in [1.54, 1.807) is 0 Å². The van der Waals surface area contributed by atoms with E-state index in [-0.39, 0.29) is 12.4 Å². The molecule has 0 unspecified atom stereocenters. The largest absolute Gasteiger partial charge is 0.469 e. The van der Waals surface area contributed by atoms with Crippen LogP contribution in [0, 0.1) is 0 Å². The minimum atomic E-state index is -0.280. The average molecular weight is 484 g/mol. The van der Waals surface area contributed by atoms with Gasteiger partial charge in [-0.05, 0) is 14.1 Å². The summed E-state index contributed by atoms with van der Waals surface area (Å²) in [5.41, 5.74) is 0. The summed E-state index contributed by atoms with van der Waals surface area (Å²) in [6.45, 7) is 9.21. The third-order valence-corrected chi connectivity index (χ3v) is 3.97. The van der Waals surface area contributed by atoms with Crippen LogP contribution in [0.5, 0.6) is 0 Å². The summed E-state index contributed by atoms with van der Waals surface area (Å²) in [4.78, 5) is 13.0. The molecule has 0 amide bonds. The number of ether oxygens (including phenoxy) is 9. The lowest BCUT2D eigenvalue weighted by Crippen LogP contribution is -2.19. The first-order valence-corrected chi connectivity index (χ1v) is 11.5. The van der Waals surface area contributed by atoms with Crippen molar-refractivity contribution < 1.29 is 47.4 Å². The number of carbonyl (C=O) groups is 1. The molecule has 0 heterocycles. The number of rotatable bonds is 27. The second-order valence-electron chi connectivity index (χ2n) is 7.03. The van der Waals surface area contributed by atoms with E-state index < -0.39 is 0 Å². The third-order valence-electron chi connectivity index (χ3n) is 3.97. The maximum atomic E-state index is 10.9. The van der Waals surface area contributed by atoms with Crippen molar-refractivity contribution >= 4 is 5.97 Å². The van der Waals surface area contributed by atoms with E-state index in [0.717, 1.165) is 13.2 Å². The molecule has 0 N–H and O–H groups in total. The maximum Gasteiger partial charge on any atom is 0.307 e. The van der Waals surface area contributed by atoms with Crippen LogP contribution in [0.4, 0.5) is 0 Å². The van der Waals surface area contributed by atoms with Gasteiger partial charge in [0.15, 0.2) is 0 Å². The highest BCUT2D eigenvalue weighted by Gasteiger charge is 1.99. The summed E-state index contributed by atoms with van der Waals surface area (Å²) in [6.07, 6.45) is 0.252. The van der Waals surface area contributed by atoms with E-state index in [1.807, 2.05) is 14.1 Å². The highest BCUT2D eigenvalue weighted by molar-refractivity contribution is 5.69. The second kappa shape index (κ2) is 27.4. The van der Waals surface area contributed by atoms with Gasteiger partial charge in [-0.3, -0.25) is 4.79 Å². The molecule has 33 heavy (non-hydrogen) atoms. The number of esters is 1. The lowest BCUT2D eigenvalue weighted by molar-refractivity contribution is -0.141. The normalized spacial score (nSPS) is 11.4. The summed E-state index contributed by atoms with van der Waals surface area (Å²) in [5, 5.41) is 0. The number of likely N-dealkylation sites (N-methyl/N-ethyl adjacent to an activating group) is 1. The molecule has 11 heteroatoms. The SMILES string of the molecule is COC(=O)CCOCCOCCOCCOCCOCCOCCOCCOCCN(C)C. The fraction of sp³-hybridized carbons (Fsp3) is 0.955. The standard InChI is InChI=1S/C22H45NO10/c1-23(2)5-7-27-9-11-29-13-15-31-17-19-33-21-20-32-18-16-30-14-12-28-10-8-26-6-4-22(24)25-3/h4-21H2,1-3H3. The van der Waals surface area contributed by atoms with Gasteiger partial charge in [-0.1, -0.05) is 0 Å². The summed E-state index contributed by atoms with van der Waals surface area (Å²) in [5.74, 6) is -0.280. The molecule has 0 bridgehead atoms. The van der Waals surface area contributed by atoms with Gasteiger partial charge in [-0.2, -0.15) is 0 Å². The highest BCUT2D eigenvalue weighted by atomic mass is 16.6. The molecule has 0 rings (SSSR count). The number of hydrogen-bond donors (Lipinski definition) is 0. The van der Waals surface area contributed by atoms with Crippen molar-refractivity contribution in [2.45, 2.75) is 6.42 Å². The van der Waals surface area contributed by atoms with Crippen LogP contribution in [0.2, 0.25) is 0 Å². The first-order chi connectivity index (χ1) is 16.2. The smallest absolute Gasteiger partial charge is 0.307 e. The fourth-order valence-corrected chi connectivity index (χ4v) is 2.15. The zero-order valence-electron chi connectivity index (χ0n) is 20.8. The molecule has 0 aliphatic rings. The van der Waals surface area contributed by atoms with Crippen molar-refractivity contribution in [3.8, 4) is 0 Å². The molecule has 0 radical (unpaired) electrons. The van der Waals surface area contributed by atoms with Crippen molar-refractivity contribution in [2.24, 2.45) is 0 Å². The molecule has 0 fully saturated rings. The predicted octanol–water partition coefficient (Wildman–Crippen LogP) is 0.244. The van der Waals surface area contributed by atoms with E-state index in [1.165, 1.54) is 7.11 Å². The summed E-state index contributed by atoms with van der Waals surface area (Å²) in [7, 11) is 5.39. The zero-order valence-corrected chi connectivity index (χ0v) is 20.8. The van der Waals surface area contributed by atoms with Crippen LogP contribution in [0.1, 0.15) is 6.42 Å². The molecular weight excluding hydrogens is 438 g/mol. The third kappa shape index (κ3) is 29.1. The maximum absolute atomic E-state index is 10.9. The van der Waals surface area contributed by atoms with Crippen LogP contribution in [0.3, 0.4) is 0 Å². The average Bonchev–Trinajstić information content (AvgIpc) is 2.80. The summed E-state index contributed by atoms with van der Waals surface area (Å²) < 4.78 is 47.6. The van der Waals surface area contributed by atoms with Gasteiger partial charge in [0.2, 0.25) is 0 Å². The fourth-order valence-electron chi connectivity index (χ4n) is 2.15. The summed E-state index contributed by atoms with van der Waals surface area (Å²) >= 11 is 0. The molecule has 0 aromatic heterocycles. The van der Waals surface area contributed by atoms with Gasteiger partial charge in [-0.15, -0.1) is 0 Å². The monoisotopic (exact) mass is 483 g/mol. The van der Waals surface area contributed by atoms with Gasteiger partial charge in [0, 0.05) is 6.54 Å². The number of carbonyl (C=O) groups excluding carboxylic acids is 1. The Morgan fingerprint density at radius 3 is 1.03 bits per heavy atom. The van der Waals surface area contributed by atoms with Gasteiger partial charge in [0.1, 0.15) is 0 Å². The molecular formula is C22H45NO10. The Morgan fingerprint density at radius 1 is 0.485 bits per heavy atom. The van der Waals surface area contributed by atoms with Crippen LogP contribution in [-0.4, -0.2) is 144 Å². The molecule has 0 aromatic carbocycles. The number of methoxy groups -OCH3 is 1. The topological polar surface area (TPSA) is 103 Å². The van der Waals surface area contributed by atoms with Crippen molar-refractivity contribution in [3.05, 3.63) is 0 Å². The van der Waals surface area contributed by atoms with Gasteiger partial charge in [-0.25, -0.2) is 0 Å². The van der Waals surface area contributed by atoms with Crippen LogP contribution >= 0.6 is 0 Å². The molecule has 0 atom stereocenters. The lowest BCUT2D eigenvalue weighted by Gasteiger charge is -2.10. The van der Waals surface area contributed by atoms with E-state index in [2.05, 4.69) is 9.64 Å². The van der Waals surface area contributed by atoms with E-state index in [0.29, 0.717) is 99.1 Å².